The van der Waals surface area contributed by atoms with Crippen molar-refractivity contribution in [2.75, 3.05) is 0 Å². The number of benzene rings is 2. The standard InChI is InChI=1S/C28H34N/c1-18(2)13-22-16-27(29(6)17-23(22)14-19(3)4)28-20(5)11-12-25-24-10-8-7-9-21(24)15-26(25)28/h7-12,16-19H,13-15H2,1-6H3/q+1. The molecule has 1 aromatic heterocycles. The first-order valence-electron chi connectivity index (χ1n) is 11.1. The minimum Gasteiger partial charge on any atom is -0.201 e. The quantitative estimate of drug-likeness (QED) is 0.348. The molecule has 0 amide bonds. The maximum absolute atomic E-state index is 2.49. The largest absolute Gasteiger partial charge is 0.213 e. The fourth-order valence-electron chi connectivity index (χ4n) is 4.93. The van der Waals surface area contributed by atoms with Crippen LogP contribution in [0.5, 0.6) is 0 Å². The summed E-state index contributed by atoms with van der Waals surface area (Å²) in [4.78, 5) is 0. The van der Waals surface area contributed by atoms with Crippen LogP contribution in [0.4, 0.5) is 0 Å². The van der Waals surface area contributed by atoms with Crippen molar-refractivity contribution in [2.45, 2.75) is 53.9 Å². The third-order valence-corrected chi connectivity index (χ3v) is 6.16. The normalized spacial score (nSPS) is 12.6. The third-order valence-electron chi connectivity index (χ3n) is 6.16. The number of rotatable bonds is 5. The van der Waals surface area contributed by atoms with Gasteiger partial charge >= 0.3 is 0 Å². The minimum absolute atomic E-state index is 0.660. The Balaban J connectivity index is 1.90. The molecule has 0 spiro atoms. The van der Waals surface area contributed by atoms with E-state index >= 15 is 0 Å². The van der Waals surface area contributed by atoms with Gasteiger partial charge in [-0.05, 0) is 71.4 Å². The van der Waals surface area contributed by atoms with Gasteiger partial charge in [0.15, 0.2) is 6.20 Å². The number of hydrogen-bond donors (Lipinski definition) is 0. The van der Waals surface area contributed by atoms with E-state index in [1.54, 1.807) is 0 Å². The van der Waals surface area contributed by atoms with Gasteiger partial charge in [-0.3, -0.25) is 0 Å². The van der Waals surface area contributed by atoms with Crippen molar-refractivity contribution in [3.05, 3.63) is 76.5 Å². The molecule has 29 heavy (non-hydrogen) atoms. The maximum atomic E-state index is 2.49. The molecule has 0 bridgehead atoms. The molecule has 1 heterocycles. The van der Waals surface area contributed by atoms with E-state index in [1.165, 1.54) is 50.2 Å². The lowest BCUT2D eigenvalue weighted by atomic mass is 9.89. The molecule has 1 heteroatoms. The smallest absolute Gasteiger partial charge is 0.201 e. The monoisotopic (exact) mass is 384 g/mol. The second kappa shape index (κ2) is 7.78. The molecule has 150 valence electrons. The van der Waals surface area contributed by atoms with Crippen LogP contribution in [0.15, 0.2) is 48.7 Å². The summed E-state index contributed by atoms with van der Waals surface area (Å²) in [7, 11) is 2.22. The van der Waals surface area contributed by atoms with Crippen molar-refractivity contribution in [3.8, 4) is 22.4 Å². The Labute approximate surface area is 176 Å². The molecule has 0 unspecified atom stereocenters. The highest BCUT2D eigenvalue weighted by Gasteiger charge is 2.27. The zero-order valence-electron chi connectivity index (χ0n) is 18.8. The van der Waals surface area contributed by atoms with Gasteiger partial charge in [0.25, 0.3) is 0 Å². The molecule has 0 atom stereocenters. The van der Waals surface area contributed by atoms with Gasteiger partial charge in [0, 0.05) is 11.6 Å². The van der Waals surface area contributed by atoms with Crippen LogP contribution in [-0.2, 0) is 26.3 Å². The van der Waals surface area contributed by atoms with Crippen LogP contribution in [0.1, 0.15) is 55.5 Å². The summed E-state index contributed by atoms with van der Waals surface area (Å²) >= 11 is 0. The van der Waals surface area contributed by atoms with Crippen LogP contribution >= 0.6 is 0 Å². The average Bonchev–Trinajstić information content (AvgIpc) is 3.02. The van der Waals surface area contributed by atoms with Crippen molar-refractivity contribution >= 4 is 0 Å². The number of hydrogen-bond acceptors (Lipinski definition) is 0. The van der Waals surface area contributed by atoms with Crippen LogP contribution in [0.25, 0.3) is 22.4 Å². The first-order chi connectivity index (χ1) is 13.8. The number of nitrogens with zero attached hydrogens (tertiary/aromatic N) is 1. The van der Waals surface area contributed by atoms with E-state index in [9.17, 15) is 0 Å². The van der Waals surface area contributed by atoms with E-state index in [1.807, 2.05) is 0 Å². The molecule has 0 saturated carbocycles. The number of pyridine rings is 1. The van der Waals surface area contributed by atoms with Crippen LogP contribution in [0.2, 0.25) is 0 Å². The van der Waals surface area contributed by atoms with E-state index < -0.39 is 0 Å². The highest BCUT2D eigenvalue weighted by molar-refractivity contribution is 5.84. The predicted octanol–water partition coefficient (Wildman–Crippen LogP) is 6.45. The fourth-order valence-corrected chi connectivity index (χ4v) is 4.93. The van der Waals surface area contributed by atoms with Gasteiger partial charge in [0.2, 0.25) is 5.69 Å². The minimum atomic E-state index is 0.660. The van der Waals surface area contributed by atoms with Crippen molar-refractivity contribution in [3.63, 3.8) is 0 Å². The molecular formula is C28H34N+. The van der Waals surface area contributed by atoms with Crippen LogP contribution in [0.3, 0.4) is 0 Å². The van der Waals surface area contributed by atoms with Crippen LogP contribution in [0, 0.1) is 18.8 Å². The summed E-state index contributed by atoms with van der Waals surface area (Å²) in [5, 5.41) is 0. The fraction of sp³-hybridized carbons (Fsp3) is 0.393. The molecule has 1 aliphatic rings. The zero-order valence-corrected chi connectivity index (χ0v) is 18.8. The second-order valence-corrected chi connectivity index (χ2v) is 9.63. The molecule has 2 aromatic carbocycles. The summed E-state index contributed by atoms with van der Waals surface area (Å²) in [5.41, 5.74) is 13.0. The summed E-state index contributed by atoms with van der Waals surface area (Å²) in [6, 6.07) is 16.0. The van der Waals surface area contributed by atoms with Crippen molar-refractivity contribution in [1.29, 1.82) is 0 Å². The first kappa shape index (κ1) is 19.9. The summed E-state index contributed by atoms with van der Waals surface area (Å²) in [5.74, 6) is 1.33. The number of aryl methyl sites for hydroxylation is 2. The lowest BCUT2D eigenvalue weighted by Crippen LogP contribution is -2.33. The van der Waals surface area contributed by atoms with E-state index in [0.29, 0.717) is 11.8 Å². The van der Waals surface area contributed by atoms with E-state index in [2.05, 4.69) is 94.9 Å². The Hall–Kier alpha value is -2.41. The summed E-state index contributed by atoms with van der Waals surface area (Å²) in [6.45, 7) is 11.6. The maximum Gasteiger partial charge on any atom is 0.213 e. The highest BCUT2D eigenvalue weighted by atomic mass is 14.9. The second-order valence-electron chi connectivity index (χ2n) is 9.63. The van der Waals surface area contributed by atoms with E-state index in [-0.39, 0.29) is 0 Å². The topological polar surface area (TPSA) is 3.88 Å². The molecule has 0 fully saturated rings. The number of aromatic nitrogens is 1. The molecule has 3 aromatic rings. The van der Waals surface area contributed by atoms with Crippen LogP contribution in [-0.4, -0.2) is 0 Å². The van der Waals surface area contributed by atoms with Gasteiger partial charge in [-0.25, -0.2) is 4.57 Å². The molecule has 0 saturated heterocycles. The molecule has 0 radical (unpaired) electrons. The Morgan fingerprint density at radius 3 is 2.28 bits per heavy atom. The zero-order chi connectivity index (χ0) is 20.7. The van der Waals surface area contributed by atoms with Gasteiger partial charge in [0.05, 0.1) is 5.56 Å². The van der Waals surface area contributed by atoms with Gasteiger partial charge in [-0.1, -0.05) is 64.1 Å². The SMILES string of the molecule is Cc1ccc2c(c1-c1cc(CC(C)C)c(CC(C)C)c[n+]1C)Cc1ccccc1-2. The van der Waals surface area contributed by atoms with Crippen LogP contribution < -0.4 is 4.57 Å². The van der Waals surface area contributed by atoms with Gasteiger partial charge < -0.3 is 0 Å². The summed E-state index contributed by atoms with van der Waals surface area (Å²) < 4.78 is 2.37. The Morgan fingerprint density at radius 2 is 1.55 bits per heavy atom. The molecular weight excluding hydrogens is 350 g/mol. The van der Waals surface area contributed by atoms with Crippen molar-refractivity contribution < 1.29 is 4.57 Å². The van der Waals surface area contributed by atoms with Crippen molar-refractivity contribution in [2.24, 2.45) is 18.9 Å². The predicted molar refractivity (Wildman–Crippen MR) is 123 cm³/mol. The highest BCUT2D eigenvalue weighted by Crippen LogP contribution is 2.42. The number of fused-ring (bicyclic) bond motifs is 3. The third kappa shape index (κ3) is 3.75. The Morgan fingerprint density at radius 1 is 0.862 bits per heavy atom. The molecule has 0 aliphatic heterocycles. The summed E-state index contributed by atoms with van der Waals surface area (Å²) in [6.07, 6.45) is 5.72. The molecule has 0 N–H and O–H groups in total. The van der Waals surface area contributed by atoms with E-state index in [0.717, 1.165) is 19.3 Å². The van der Waals surface area contributed by atoms with Gasteiger partial charge in [-0.15, -0.1) is 0 Å². The van der Waals surface area contributed by atoms with Gasteiger partial charge in [0.1, 0.15) is 7.05 Å². The average molecular weight is 385 g/mol. The molecule has 4 rings (SSSR count). The molecule has 1 aliphatic carbocycles. The lowest BCUT2D eigenvalue weighted by molar-refractivity contribution is -0.660. The first-order valence-corrected chi connectivity index (χ1v) is 11.1. The van der Waals surface area contributed by atoms with Gasteiger partial charge in [-0.2, -0.15) is 0 Å². The molecule has 1 nitrogen and oxygen atoms in total. The Bertz CT molecular complexity index is 1060. The Kier molecular flexibility index (Phi) is 5.34. The van der Waals surface area contributed by atoms with E-state index in [4.69, 9.17) is 0 Å². The lowest BCUT2D eigenvalue weighted by Gasteiger charge is -2.16. The van der Waals surface area contributed by atoms with Crippen molar-refractivity contribution in [1.82, 2.24) is 0 Å².